The van der Waals surface area contributed by atoms with E-state index in [4.69, 9.17) is 28.4 Å². The smallest absolute Gasteiger partial charge is 0.408 e. The van der Waals surface area contributed by atoms with Crippen molar-refractivity contribution in [2.75, 3.05) is 6.61 Å². The minimum Gasteiger partial charge on any atom is -0.456 e. The number of hydrogen-bond acceptors (Lipinski definition) is 14. The van der Waals surface area contributed by atoms with Gasteiger partial charge in [0.2, 0.25) is 0 Å². The molecule has 3 saturated carbocycles. The van der Waals surface area contributed by atoms with Crippen LogP contribution in [0, 0.1) is 22.7 Å². The number of amides is 1. The molecule has 60 heavy (non-hydrogen) atoms. The van der Waals surface area contributed by atoms with Gasteiger partial charge in [-0.3, -0.25) is 14.4 Å². The Kier molecular flexibility index (Phi) is 10.8. The predicted octanol–water partition coefficient (Wildman–Crippen LogP) is 4.47. The average Bonchev–Trinajstić information content (AvgIpc) is 3.90. The first-order valence-corrected chi connectivity index (χ1v) is 20.2. The van der Waals surface area contributed by atoms with Crippen LogP contribution < -0.4 is 5.32 Å². The van der Waals surface area contributed by atoms with Crippen molar-refractivity contribution in [2.45, 2.75) is 128 Å². The van der Waals surface area contributed by atoms with Gasteiger partial charge >= 0.3 is 30.0 Å². The Hall–Kier alpha value is -5.12. The molecule has 1 spiro atoms. The Balaban J connectivity index is 1.37. The summed E-state index contributed by atoms with van der Waals surface area (Å²) in [7, 11) is 0. The lowest BCUT2D eigenvalue weighted by Crippen LogP contribution is -2.78. The van der Waals surface area contributed by atoms with E-state index in [0.29, 0.717) is 12.0 Å². The molecule has 1 amide bonds. The van der Waals surface area contributed by atoms with Crippen molar-refractivity contribution in [2.24, 2.45) is 22.7 Å². The van der Waals surface area contributed by atoms with E-state index >= 15 is 4.79 Å². The Bertz CT molecular complexity index is 2110. The highest BCUT2D eigenvalue weighted by atomic mass is 16.6. The SMILES string of the molecule is CC(=O)O[C@H]1C(=O)[C@]23C[C@H]2C[C@H]2OC[C@@]2(OC(C)=O)[C@H]3[C@H](OC(=O)c2ccccc2)[C@]2(O)C[C@H](OC(=O)[C@H](O)C(NC(=O)OC(C)(C)C)c3ccccc3)C(C)=C1C2(C)C. The normalized spacial score (nSPS) is 33.3. The van der Waals surface area contributed by atoms with Crippen LogP contribution in [0.1, 0.15) is 96.6 Å². The molecule has 0 radical (unpaired) electrons. The molecule has 1 saturated heterocycles. The van der Waals surface area contributed by atoms with E-state index in [9.17, 15) is 34.2 Å². The van der Waals surface area contributed by atoms with E-state index in [-0.39, 0.29) is 35.7 Å². The van der Waals surface area contributed by atoms with E-state index in [2.05, 4.69) is 5.32 Å². The topological polar surface area (TPSA) is 210 Å². The quantitative estimate of drug-likeness (QED) is 0.181. The molecule has 15 nitrogen and oxygen atoms in total. The number of hydrogen-bond donors (Lipinski definition) is 3. The Morgan fingerprint density at radius 2 is 1.53 bits per heavy atom. The van der Waals surface area contributed by atoms with Crippen LogP contribution in [0.15, 0.2) is 71.8 Å². The van der Waals surface area contributed by atoms with Crippen LogP contribution in [0.4, 0.5) is 4.79 Å². The Labute approximate surface area is 348 Å². The summed E-state index contributed by atoms with van der Waals surface area (Å²) in [6.07, 6.45) is -8.18. The maximum absolute atomic E-state index is 15.4. The number of aliphatic hydroxyl groups excluding tert-OH is 1. The van der Waals surface area contributed by atoms with Gasteiger partial charge in [0, 0.05) is 31.1 Å². The fourth-order valence-electron chi connectivity index (χ4n) is 10.4. The van der Waals surface area contributed by atoms with Gasteiger partial charge < -0.3 is 44.0 Å². The van der Waals surface area contributed by atoms with Gasteiger partial charge in [0.15, 0.2) is 23.6 Å². The molecule has 7 rings (SSSR count). The highest BCUT2D eigenvalue weighted by Crippen LogP contribution is 2.74. The lowest BCUT2D eigenvalue weighted by molar-refractivity contribution is -0.323. The summed E-state index contributed by atoms with van der Waals surface area (Å²) in [5, 5.41) is 27.9. The monoisotopic (exact) mass is 831 g/mol. The summed E-state index contributed by atoms with van der Waals surface area (Å²) < 4.78 is 36.0. The second-order valence-corrected chi connectivity index (χ2v) is 18.3. The number of nitrogens with one attached hydrogen (secondary N) is 1. The van der Waals surface area contributed by atoms with E-state index < -0.39 is 112 Å². The number of rotatable bonds is 9. The van der Waals surface area contributed by atoms with Gasteiger partial charge in [-0.25, -0.2) is 14.4 Å². The highest BCUT2D eigenvalue weighted by Gasteiger charge is 2.84. The van der Waals surface area contributed by atoms with Crippen molar-refractivity contribution in [3.63, 3.8) is 0 Å². The molecular weight excluding hydrogens is 778 g/mol. The molecule has 4 aliphatic carbocycles. The van der Waals surface area contributed by atoms with Gasteiger partial charge in [-0.15, -0.1) is 0 Å². The van der Waals surface area contributed by atoms with Crippen LogP contribution in [0.3, 0.4) is 0 Å². The molecule has 2 aromatic carbocycles. The minimum atomic E-state index is -2.25. The van der Waals surface area contributed by atoms with Crippen LogP contribution in [-0.2, 0) is 47.6 Å². The van der Waals surface area contributed by atoms with Crippen molar-refractivity contribution >= 4 is 35.8 Å². The Morgan fingerprint density at radius 3 is 2.10 bits per heavy atom. The number of fused-ring (bicyclic) bond motifs is 4. The summed E-state index contributed by atoms with van der Waals surface area (Å²) in [5.74, 6) is -5.65. The molecule has 2 bridgehead atoms. The number of carbonyl (C=O) groups excluding carboxylic acids is 6. The Morgan fingerprint density at radius 1 is 0.900 bits per heavy atom. The van der Waals surface area contributed by atoms with Crippen molar-refractivity contribution in [1.29, 1.82) is 0 Å². The minimum absolute atomic E-state index is 0.128. The van der Waals surface area contributed by atoms with Crippen molar-refractivity contribution in [3.8, 4) is 0 Å². The maximum atomic E-state index is 15.4. The van der Waals surface area contributed by atoms with Gasteiger partial charge in [-0.1, -0.05) is 62.4 Å². The van der Waals surface area contributed by atoms with Gasteiger partial charge in [-0.05, 0) is 75.3 Å². The standard InChI is InChI=1S/C45H53NO14/c1-23-29(57-39(52)33(49)32(26-15-11-9-12-16-26)46-40(53)60-41(4,5)6)21-45(54)37(58-38(51)27-17-13-10-14-18-27)35-43(36(50)34(56-24(2)47)31(23)42(45,7)8)20-28(43)19-30-44(35,22-55-30)59-25(3)48/h9-18,28-30,32-35,37,49,54H,19-22H2,1-8H3,(H,46,53)/t28-,29+,30-,32?,33-,34-,35+,37+,43-,44+,45-/m1/s1. The maximum Gasteiger partial charge on any atom is 0.408 e. The third-order valence-corrected chi connectivity index (χ3v) is 13.2. The molecule has 5 aliphatic rings. The van der Waals surface area contributed by atoms with Gasteiger partial charge in [0.1, 0.15) is 29.5 Å². The summed E-state index contributed by atoms with van der Waals surface area (Å²) in [4.78, 5) is 82.8. The first-order chi connectivity index (χ1) is 28.1. The molecule has 15 heteroatoms. The molecular formula is C45H53NO14. The van der Waals surface area contributed by atoms with Crippen molar-refractivity contribution in [1.82, 2.24) is 5.32 Å². The van der Waals surface area contributed by atoms with Crippen LogP contribution in [0.5, 0.6) is 0 Å². The second-order valence-electron chi connectivity index (χ2n) is 18.3. The average molecular weight is 832 g/mol. The molecule has 4 fully saturated rings. The number of benzene rings is 2. The zero-order valence-corrected chi connectivity index (χ0v) is 35.0. The third kappa shape index (κ3) is 7.07. The predicted molar refractivity (Wildman–Crippen MR) is 210 cm³/mol. The first kappa shape index (κ1) is 43.0. The fourth-order valence-corrected chi connectivity index (χ4v) is 10.4. The van der Waals surface area contributed by atoms with Crippen molar-refractivity contribution in [3.05, 3.63) is 82.9 Å². The van der Waals surface area contributed by atoms with Crippen LogP contribution >= 0.6 is 0 Å². The molecule has 11 atom stereocenters. The summed E-state index contributed by atoms with van der Waals surface area (Å²) >= 11 is 0. The molecule has 1 aliphatic heterocycles. The zero-order chi connectivity index (χ0) is 43.7. The van der Waals surface area contributed by atoms with E-state index in [1.807, 2.05) is 0 Å². The molecule has 0 aromatic heterocycles. The first-order valence-electron chi connectivity index (χ1n) is 20.2. The second kappa shape index (κ2) is 15.1. The van der Waals surface area contributed by atoms with Gasteiger partial charge in [0.05, 0.1) is 24.1 Å². The number of ether oxygens (including phenoxy) is 6. The molecule has 2 aromatic rings. The van der Waals surface area contributed by atoms with Crippen LogP contribution in [0.25, 0.3) is 0 Å². The van der Waals surface area contributed by atoms with Crippen LogP contribution in [-0.4, -0.2) is 99.9 Å². The number of carbonyl (C=O) groups is 6. The lowest BCUT2D eigenvalue weighted by Gasteiger charge is -2.64. The highest BCUT2D eigenvalue weighted by molar-refractivity contribution is 5.97. The number of Topliss-reactive ketones (excluding diaryl/α,β-unsaturated/α-hetero) is 1. The van der Waals surface area contributed by atoms with E-state index in [1.54, 1.807) is 90.1 Å². The number of esters is 4. The summed E-state index contributed by atoms with van der Waals surface area (Å²) in [5.41, 5.74) is -6.79. The van der Waals surface area contributed by atoms with Gasteiger partial charge in [0.25, 0.3) is 0 Å². The molecule has 1 unspecified atom stereocenters. The third-order valence-electron chi connectivity index (χ3n) is 13.2. The molecule has 322 valence electrons. The summed E-state index contributed by atoms with van der Waals surface area (Å²) in [6, 6.07) is 14.9. The summed E-state index contributed by atoms with van der Waals surface area (Å²) in [6.45, 7) is 12.0. The van der Waals surface area contributed by atoms with Crippen LogP contribution in [0.2, 0.25) is 0 Å². The number of ketones is 1. The molecule has 1 heterocycles. The zero-order valence-electron chi connectivity index (χ0n) is 35.0. The van der Waals surface area contributed by atoms with E-state index in [0.717, 1.165) is 6.92 Å². The van der Waals surface area contributed by atoms with Gasteiger partial charge in [-0.2, -0.15) is 0 Å². The number of alkyl carbamates (subject to hydrolysis) is 1. The van der Waals surface area contributed by atoms with Crippen molar-refractivity contribution < 1.29 is 67.4 Å². The largest absolute Gasteiger partial charge is 0.456 e. The number of aliphatic hydroxyl groups is 2. The fraction of sp³-hybridized carbons (Fsp3) is 0.556. The lowest BCUT2D eigenvalue weighted by atomic mass is 9.48. The van der Waals surface area contributed by atoms with E-state index in [1.165, 1.54) is 19.1 Å². The molecule has 3 N–H and O–H groups in total.